The second-order valence-corrected chi connectivity index (χ2v) is 1.85. The van der Waals surface area contributed by atoms with Crippen molar-refractivity contribution < 1.29 is 9.53 Å². The van der Waals surface area contributed by atoms with Crippen LogP contribution >= 0.6 is 0 Å². The van der Waals surface area contributed by atoms with Crippen LogP contribution in [-0.2, 0) is 9.53 Å². The minimum absolute atomic E-state index is 0.278. The van der Waals surface area contributed by atoms with Crippen molar-refractivity contribution in [2.45, 2.75) is 6.10 Å². The van der Waals surface area contributed by atoms with E-state index < -0.39 is 0 Å². The van der Waals surface area contributed by atoms with E-state index >= 15 is 0 Å². The monoisotopic (exact) mass is 130 g/mol. The summed E-state index contributed by atoms with van der Waals surface area (Å²) in [7, 11) is 0. The second-order valence-electron chi connectivity index (χ2n) is 1.85. The summed E-state index contributed by atoms with van der Waals surface area (Å²) >= 11 is 0. The van der Waals surface area contributed by atoms with Crippen LogP contribution in [0.15, 0.2) is 0 Å². The molecular weight excluding hydrogens is 120 g/mol. The third kappa shape index (κ3) is 2.09. The molecule has 0 aromatic rings. The lowest BCUT2D eigenvalue weighted by Crippen LogP contribution is -2.35. The molecule has 0 aromatic heterocycles. The number of hydrogen-bond acceptors (Lipinski definition) is 4. The molecule has 4 heteroatoms. The molecule has 0 radical (unpaired) electrons. The summed E-state index contributed by atoms with van der Waals surface area (Å²) in [4.78, 5) is 10.1. The molecule has 9 heavy (non-hydrogen) atoms. The van der Waals surface area contributed by atoms with Crippen LogP contribution in [-0.4, -0.2) is 32.1 Å². The Balaban J connectivity index is 2.26. The fourth-order valence-electron chi connectivity index (χ4n) is 0.669. The van der Waals surface area contributed by atoms with Gasteiger partial charge in [-0.1, -0.05) is 0 Å². The first-order valence-corrected chi connectivity index (χ1v) is 2.96. The summed E-state index contributed by atoms with van der Waals surface area (Å²) in [6.07, 6.45) is 0.528. The first kappa shape index (κ1) is 6.67. The zero-order chi connectivity index (χ0) is 6.53. The van der Waals surface area contributed by atoms with Crippen molar-refractivity contribution in [2.75, 3.05) is 19.7 Å². The van der Waals surface area contributed by atoms with Crippen molar-refractivity contribution in [3.05, 3.63) is 0 Å². The second kappa shape index (κ2) is 3.55. The van der Waals surface area contributed by atoms with Gasteiger partial charge in [-0.05, 0) is 0 Å². The predicted molar refractivity (Wildman–Crippen MR) is 31.8 cm³/mol. The van der Waals surface area contributed by atoms with Crippen molar-refractivity contribution in [3.8, 4) is 0 Å². The summed E-state index contributed by atoms with van der Waals surface area (Å²) in [5.41, 5.74) is 5.72. The van der Waals surface area contributed by atoms with E-state index in [9.17, 15) is 4.79 Å². The van der Waals surface area contributed by atoms with Crippen LogP contribution in [0.1, 0.15) is 0 Å². The highest BCUT2D eigenvalue weighted by Crippen LogP contribution is 1.86. The Hall–Kier alpha value is -0.450. The van der Waals surface area contributed by atoms with E-state index in [4.69, 9.17) is 4.74 Å². The lowest BCUT2D eigenvalue weighted by Gasteiger charge is -2.04. The van der Waals surface area contributed by atoms with Gasteiger partial charge < -0.3 is 9.53 Å². The first-order chi connectivity index (χ1) is 4.43. The normalized spacial score (nSPS) is 29.1. The standard InChI is InChI=1S/C5H10N2O2/c8-4-5-3-7-6-1-2-9-5/h4-7H,1-3H2. The van der Waals surface area contributed by atoms with Crippen LogP contribution in [0.5, 0.6) is 0 Å². The third-order valence-corrected chi connectivity index (χ3v) is 1.14. The zero-order valence-corrected chi connectivity index (χ0v) is 5.09. The van der Waals surface area contributed by atoms with E-state index in [0.29, 0.717) is 13.2 Å². The van der Waals surface area contributed by atoms with Gasteiger partial charge in [0, 0.05) is 13.1 Å². The molecule has 1 fully saturated rings. The van der Waals surface area contributed by atoms with E-state index in [1.807, 2.05) is 0 Å². The molecule has 0 spiro atoms. The average molecular weight is 130 g/mol. The number of carbonyl (C=O) groups is 1. The number of rotatable bonds is 1. The largest absolute Gasteiger partial charge is 0.368 e. The molecule has 1 atom stereocenters. The van der Waals surface area contributed by atoms with Gasteiger partial charge in [-0.3, -0.25) is 10.9 Å². The van der Waals surface area contributed by atoms with Crippen LogP contribution in [0.2, 0.25) is 0 Å². The molecule has 0 amide bonds. The third-order valence-electron chi connectivity index (χ3n) is 1.14. The fraction of sp³-hybridized carbons (Fsp3) is 0.800. The SMILES string of the molecule is O=CC1CNNCCO1. The number of ether oxygens (including phenoxy) is 1. The average Bonchev–Trinajstić information content (AvgIpc) is 2.13. The van der Waals surface area contributed by atoms with Crippen molar-refractivity contribution in [3.63, 3.8) is 0 Å². The predicted octanol–water partition coefficient (Wildman–Crippen LogP) is -1.32. The maximum atomic E-state index is 10.1. The highest BCUT2D eigenvalue weighted by atomic mass is 16.5. The highest BCUT2D eigenvalue weighted by Gasteiger charge is 2.08. The maximum Gasteiger partial charge on any atom is 0.150 e. The van der Waals surface area contributed by atoms with Crippen LogP contribution < -0.4 is 10.9 Å². The zero-order valence-electron chi connectivity index (χ0n) is 5.09. The molecule has 2 N–H and O–H groups in total. The van der Waals surface area contributed by atoms with Crippen molar-refractivity contribution in [1.29, 1.82) is 0 Å². The van der Waals surface area contributed by atoms with Crippen LogP contribution in [0.4, 0.5) is 0 Å². The van der Waals surface area contributed by atoms with Gasteiger partial charge in [-0.25, -0.2) is 0 Å². The molecule has 1 aliphatic heterocycles. The van der Waals surface area contributed by atoms with Gasteiger partial charge in [-0.15, -0.1) is 0 Å². The van der Waals surface area contributed by atoms with Crippen molar-refractivity contribution in [2.24, 2.45) is 0 Å². The summed E-state index contributed by atoms with van der Waals surface area (Å²) < 4.78 is 5.06. The van der Waals surface area contributed by atoms with E-state index in [-0.39, 0.29) is 6.10 Å². The molecule has 1 unspecified atom stereocenters. The van der Waals surface area contributed by atoms with Crippen LogP contribution in [0.25, 0.3) is 0 Å². The fourth-order valence-corrected chi connectivity index (χ4v) is 0.669. The van der Waals surface area contributed by atoms with Gasteiger partial charge in [0.1, 0.15) is 12.4 Å². The van der Waals surface area contributed by atoms with Gasteiger partial charge in [-0.2, -0.15) is 0 Å². The van der Waals surface area contributed by atoms with Gasteiger partial charge in [0.15, 0.2) is 0 Å². The number of hydrogen-bond donors (Lipinski definition) is 2. The van der Waals surface area contributed by atoms with Crippen LogP contribution in [0, 0.1) is 0 Å². The van der Waals surface area contributed by atoms with Crippen molar-refractivity contribution in [1.82, 2.24) is 10.9 Å². The molecule has 0 saturated carbocycles. The Morgan fingerprint density at radius 3 is 3.22 bits per heavy atom. The molecule has 0 aromatic carbocycles. The summed E-state index contributed by atoms with van der Waals surface area (Å²) in [6, 6.07) is 0. The highest BCUT2D eigenvalue weighted by molar-refractivity contribution is 5.56. The van der Waals surface area contributed by atoms with Gasteiger partial charge in [0.25, 0.3) is 0 Å². The summed E-state index contributed by atoms with van der Waals surface area (Å²) in [6.45, 7) is 1.91. The van der Waals surface area contributed by atoms with Crippen LogP contribution in [0.3, 0.4) is 0 Å². The molecule has 0 aliphatic carbocycles. The Kier molecular flexibility index (Phi) is 2.63. The number of aldehydes is 1. The molecule has 1 heterocycles. The lowest BCUT2D eigenvalue weighted by atomic mass is 10.4. The first-order valence-electron chi connectivity index (χ1n) is 2.96. The quantitative estimate of drug-likeness (QED) is 0.432. The van der Waals surface area contributed by atoms with Gasteiger partial charge in [0.05, 0.1) is 6.61 Å². The topological polar surface area (TPSA) is 50.4 Å². The maximum absolute atomic E-state index is 10.1. The molecule has 1 rings (SSSR count). The molecule has 1 aliphatic rings. The van der Waals surface area contributed by atoms with Crippen molar-refractivity contribution >= 4 is 6.29 Å². The van der Waals surface area contributed by atoms with E-state index in [1.165, 1.54) is 0 Å². The molecular formula is C5H10N2O2. The summed E-state index contributed by atoms with van der Waals surface area (Å²) in [5.74, 6) is 0. The molecule has 4 nitrogen and oxygen atoms in total. The summed E-state index contributed by atoms with van der Waals surface area (Å²) in [5, 5.41) is 0. The lowest BCUT2D eigenvalue weighted by molar-refractivity contribution is -0.117. The van der Waals surface area contributed by atoms with E-state index in [1.54, 1.807) is 0 Å². The Labute approximate surface area is 53.5 Å². The minimum atomic E-state index is -0.278. The van der Waals surface area contributed by atoms with Gasteiger partial charge >= 0.3 is 0 Å². The number of hydrazine groups is 1. The van der Waals surface area contributed by atoms with Gasteiger partial charge in [0.2, 0.25) is 0 Å². The Morgan fingerprint density at radius 1 is 1.56 bits per heavy atom. The van der Waals surface area contributed by atoms with E-state index in [2.05, 4.69) is 10.9 Å². The smallest absolute Gasteiger partial charge is 0.150 e. The Morgan fingerprint density at radius 2 is 2.44 bits per heavy atom. The Bertz CT molecular complexity index is 89.0. The van der Waals surface area contributed by atoms with E-state index in [0.717, 1.165) is 12.8 Å². The molecule has 52 valence electrons. The molecule has 1 saturated heterocycles. The number of nitrogens with one attached hydrogen (secondary N) is 2. The number of carbonyl (C=O) groups excluding carboxylic acids is 1. The molecule has 0 bridgehead atoms. The minimum Gasteiger partial charge on any atom is -0.368 e.